The standard InChI is InChI=1S/C12H22N2OS/c1-12(6-4-8-16-12)9-14-10-5-2-3-7-13-11(10)15/h10,14H,2-9H2,1H3,(H,13,15). The van der Waals surface area contributed by atoms with Gasteiger partial charge in [-0.25, -0.2) is 0 Å². The van der Waals surface area contributed by atoms with Gasteiger partial charge >= 0.3 is 0 Å². The summed E-state index contributed by atoms with van der Waals surface area (Å²) in [7, 11) is 0. The number of nitrogens with one attached hydrogen (secondary N) is 2. The summed E-state index contributed by atoms with van der Waals surface area (Å²) < 4.78 is 0.354. The Kier molecular flexibility index (Phi) is 4.14. The van der Waals surface area contributed by atoms with Gasteiger partial charge < -0.3 is 10.6 Å². The van der Waals surface area contributed by atoms with Crippen molar-refractivity contribution in [2.45, 2.75) is 49.8 Å². The molecule has 3 nitrogen and oxygen atoms in total. The molecule has 92 valence electrons. The fourth-order valence-electron chi connectivity index (χ4n) is 2.45. The smallest absolute Gasteiger partial charge is 0.237 e. The molecule has 0 saturated carbocycles. The zero-order valence-corrected chi connectivity index (χ0v) is 10.9. The van der Waals surface area contributed by atoms with Crippen molar-refractivity contribution in [3.8, 4) is 0 Å². The van der Waals surface area contributed by atoms with Crippen molar-refractivity contribution in [3.63, 3.8) is 0 Å². The van der Waals surface area contributed by atoms with Crippen LogP contribution in [0.5, 0.6) is 0 Å². The Balaban J connectivity index is 1.81. The molecule has 2 unspecified atom stereocenters. The average molecular weight is 242 g/mol. The first-order chi connectivity index (χ1) is 7.70. The largest absolute Gasteiger partial charge is 0.355 e. The highest BCUT2D eigenvalue weighted by molar-refractivity contribution is 8.00. The molecule has 0 bridgehead atoms. The van der Waals surface area contributed by atoms with E-state index in [-0.39, 0.29) is 11.9 Å². The molecular formula is C12H22N2OS. The lowest BCUT2D eigenvalue weighted by Gasteiger charge is -2.26. The predicted molar refractivity (Wildman–Crippen MR) is 68.7 cm³/mol. The highest BCUT2D eigenvalue weighted by Gasteiger charge is 2.31. The van der Waals surface area contributed by atoms with Gasteiger partial charge in [0.05, 0.1) is 6.04 Å². The van der Waals surface area contributed by atoms with Gasteiger partial charge in [-0.05, 0) is 44.8 Å². The molecule has 0 spiro atoms. The summed E-state index contributed by atoms with van der Waals surface area (Å²) in [5.74, 6) is 1.47. The van der Waals surface area contributed by atoms with Crippen LogP contribution in [0.25, 0.3) is 0 Å². The molecule has 2 heterocycles. The molecule has 2 saturated heterocycles. The second kappa shape index (κ2) is 5.41. The van der Waals surface area contributed by atoms with Crippen LogP contribution in [0, 0.1) is 0 Å². The van der Waals surface area contributed by atoms with E-state index >= 15 is 0 Å². The monoisotopic (exact) mass is 242 g/mol. The molecule has 16 heavy (non-hydrogen) atoms. The van der Waals surface area contributed by atoms with Gasteiger partial charge in [-0.3, -0.25) is 4.79 Å². The lowest BCUT2D eigenvalue weighted by molar-refractivity contribution is -0.122. The molecule has 2 N–H and O–H groups in total. The zero-order chi connectivity index (χ0) is 11.4. The Bertz CT molecular complexity index is 251. The Morgan fingerprint density at radius 1 is 1.50 bits per heavy atom. The van der Waals surface area contributed by atoms with Gasteiger partial charge in [-0.2, -0.15) is 11.8 Å². The second-order valence-electron chi connectivity index (χ2n) is 5.12. The maximum Gasteiger partial charge on any atom is 0.237 e. The lowest BCUT2D eigenvalue weighted by Crippen LogP contribution is -2.47. The first-order valence-electron chi connectivity index (χ1n) is 6.35. The second-order valence-corrected chi connectivity index (χ2v) is 6.80. The summed E-state index contributed by atoms with van der Waals surface area (Å²) in [4.78, 5) is 11.7. The number of thioether (sulfide) groups is 1. The molecule has 2 rings (SSSR count). The number of hydrogen-bond donors (Lipinski definition) is 2. The Morgan fingerprint density at radius 2 is 2.38 bits per heavy atom. The molecular weight excluding hydrogens is 220 g/mol. The van der Waals surface area contributed by atoms with Gasteiger partial charge in [-0.15, -0.1) is 0 Å². The van der Waals surface area contributed by atoms with Crippen LogP contribution in [0.3, 0.4) is 0 Å². The molecule has 0 aromatic rings. The van der Waals surface area contributed by atoms with Gasteiger partial charge in [-0.1, -0.05) is 0 Å². The van der Waals surface area contributed by atoms with Crippen molar-refractivity contribution >= 4 is 17.7 Å². The Morgan fingerprint density at radius 3 is 3.12 bits per heavy atom. The highest BCUT2D eigenvalue weighted by Crippen LogP contribution is 2.37. The minimum atomic E-state index is 0.0422. The molecule has 2 atom stereocenters. The van der Waals surface area contributed by atoms with Crippen LogP contribution in [0.15, 0.2) is 0 Å². The summed E-state index contributed by atoms with van der Waals surface area (Å²) in [6.07, 6.45) is 5.86. The fourth-order valence-corrected chi connectivity index (χ4v) is 3.71. The molecule has 0 aromatic heterocycles. The van der Waals surface area contributed by atoms with E-state index in [9.17, 15) is 4.79 Å². The predicted octanol–water partition coefficient (Wildman–Crippen LogP) is 1.53. The third kappa shape index (κ3) is 3.14. The van der Waals surface area contributed by atoms with E-state index in [0.717, 1.165) is 32.4 Å². The number of hydrogen-bond acceptors (Lipinski definition) is 3. The van der Waals surface area contributed by atoms with Gasteiger partial charge in [0.25, 0.3) is 0 Å². The van der Waals surface area contributed by atoms with E-state index < -0.39 is 0 Å². The summed E-state index contributed by atoms with van der Waals surface area (Å²) in [5.41, 5.74) is 0. The highest BCUT2D eigenvalue weighted by atomic mass is 32.2. The summed E-state index contributed by atoms with van der Waals surface area (Å²) in [6.45, 7) is 4.13. The van der Waals surface area contributed by atoms with Crippen molar-refractivity contribution in [2.24, 2.45) is 0 Å². The van der Waals surface area contributed by atoms with E-state index in [1.165, 1.54) is 18.6 Å². The van der Waals surface area contributed by atoms with Crippen molar-refractivity contribution in [1.82, 2.24) is 10.6 Å². The third-order valence-corrected chi connectivity index (χ3v) is 5.10. The fraction of sp³-hybridized carbons (Fsp3) is 0.917. The van der Waals surface area contributed by atoms with Crippen LogP contribution in [0.1, 0.15) is 39.0 Å². The van der Waals surface area contributed by atoms with Crippen LogP contribution in [-0.4, -0.2) is 35.5 Å². The van der Waals surface area contributed by atoms with Crippen LogP contribution in [0.2, 0.25) is 0 Å². The third-order valence-electron chi connectivity index (χ3n) is 3.56. The number of amides is 1. The average Bonchev–Trinajstić information content (AvgIpc) is 2.58. The van der Waals surface area contributed by atoms with E-state index in [1.807, 2.05) is 11.8 Å². The van der Waals surface area contributed by atoms with E-state index in [1.54, 1.807) is 0 Å². The molecule has 2 fully saturated rings. The molecule has 0 aromatic carbocycles. The summed E-state index contributed by atoms with van der Waals surface area (Å²) >= 11 is 2.05. The van der Waals surface area contributed by atoms with Crippen molar-refractivity contribution in [2.75, 3.05) is 18.8 Å². The SMILES string of the molecule is CC1(CNC2CCCCNC2=O)CCCS1. The molecule has 2 aliphatic rings. The van der Waals surface area contributed by atoms with Gasteiger partial charge in [0.2, 0.25) is 5.91 Å². The first-order valence-corrected chi connectivity index (χ1v) is 7.33. The minimum absolute atomic E-state index is 0.0422. The normalized spacial score (nSPS) is 35.8. The van der Waals surface area contributed by atoms with Gasteiger partial charge in [0.1, 0.15) is 0 Å². The summed E-state index contributed by atoms with van der Waals surface area (Å²) in [6, 6.07) is 0.0422. The summed E-state index contributed by atoms with van der Waals surface area (Å²) in [5, 5.41) is 6.44. The molecule has 1 amide bonds. The topological polar surface area (TPSA) is 41.1 Å². The Hall–Kier alpha value is -0.220. The van der Waals surface area contributed by atoms with Crippen molar-refractivity contribution < 1.29 is 4.79 Å². The number of carbonyl (C=O) groups is 1. The molecule has 2 aliphatic heterocycles. The van der Waals surface area contributed by atoms with Crippen molar-refractivity contribution in [3.05, 3.63) is 0 Å². The lowest BCUT2D eigenvalue weighted by atomic mass is 10.0. The van der Waals surface area contributed by atoms with E-state index in [2.05, 4.69) is 17.6 Å². The molecule has 0 aliphatic carbocycles. The Labute approximate surface area is 102 Å². The van der Waals surface area contributed by atoms with Crippen LogP contribution in [-0.2, 0) is 4.79 Å². The minimum Gasteiger partial charge on any atom is -0.355 e. The van der Waals surface area contributed by atoms with Crippen LogP contribution < -0.4 is 10.6 Å². The molecule has 0 radical (unpaired) electrons. The van der Waals surface area contributed by atoms with E-state index in [4.69, 9.17) is 0 Å². The molecule has 4 heteroatoms. The van der Waals surface area contributed by atoms with Gasteiger partial charge in [0.15, 0.2) is 0 Å². The quantitative estimate of drug-likeness (QED) is 0.788. The van der Waals surface area contributed by atoms with Gasteiger partial charge in [0, 0.05) is 17.8 Å². The number of rotatable bonds is 3. The maximum atomic E-state index is 11.7. The van der Waals surface area contributed by atoms with Crippen LogP contribution in [0.4, 0.5) is 0 Å². The first kappa shape index (κ1) is 12.2. The van der Waals surface area contributed by atoms with Crippen molar-refractivity contribution in [1.29, 1.82) is 0 Å². The zero-order valence-electron chi connectivity index (χ0n) is 10.1. The maximum absolute atomic E-state index is 11.7. The van der Waals surface area contributed by atoms with Crippen LogP contribution >= 0.6 is 11.8 Å². The van der Waals surface area contributed by atoms with E-state index in [0.29, 0.717) is 4.75 Å². The number of carbonyl (C=O) groups excluding carboxylic acids is 1.